The maximum Gasteiger partial charge on any atom is 0.362 e. The van der Waals surface area contributed by atoms with Gasteiger partial charge in [0.2, 0.25) is 5.60 Å². The van der Waals surface area contributed by atoms with Crippen LogP contribution < -0.4 is 11.1 Å². The smallest absolute Gasteiger partial charge is 0.362 e. The Morgan fingerprint density at radius 1 is 1.32 bits per heavy atom. The largest absolute Gasteiger partial charge is 0.458 e. The van der Waals surface area contributed by atoms with Crippen molar-refractivity contribution < 1.29 is 41.9 Å². The molecule has 2 amide bonds. The molecule has 2 heterocycles. The lowest BCUT2D eigenvalue weighted by Gasteiger charge is -2.46. The molecule has 2 unspecified atom stereocenters. The summed E-state index contributed by atoms with van der Waals surface area (Å²) in [4.78, 5) is 57.8. The molecule has 0 bridgehead atoms. The van der Waals surface area contributed by atoms with E-state index in [1.165, 1.54) is 43.5 Å². The number of ether oxygens (including phenoxy) is 1. The molecule has 3 rings (SSSR count). The predicted octanol–water partition coefficient (Wildman–Crippen LogP) is 1.03. The van der Waals surface area contributed by atoms with Crippen molar-refractivity contribution in [3.8, 4) is 0 Å². The first-order valence-electron chi connectivity index (χ1n) is 11.5. The molecule has 0 spiro atoms. The number of amides is 2. The van der Waals surface area contributed by atoms with E-state index in [0.29, 0.717) is 5.56 Å². The summed E-state index contributed by atoms with van der Waals surface area (Å²) in [5, 5.41) is 18.4. The molecule has 216 valence electrons. The molecule has 2 aromatic rings. The third-order valence-electron chi connectivity index (χ3n) is 5.67. The van der Waals surface area contributed by atoms with Crippen LogP contribution in [0.15, 0.2) is 34.8 Å². The quantitative estimate of drug-likeness (QED) is 0.0821. The van der Waals surface area contributed by atoms with Gasteiger partial charge in [-0.05, 0) is 37.5 Å². The van der Waals surface area contributed by atoms with E-state index in [4.69, 9.17) is 15.3 Å². The molecule has 40 heavy (non-hydrogen) atoms. The monoisotopic (exact) mass is 598 g/mol. The van der Waals surface area contributed by atoms with Gasteiger partial charge in [0, 0.05) is 17.5 Å². The Balaban J connectivity index is 1.76. The topological polar surface area (TPSA) is 234 Å². The number of benzene rings is 1. The van der Waals surface area contributed by atoms with E-state index in [9.17, 15) is 37.5 Å². The number of esters is 1. The number of nitrogen functional groups attached to an aromatic ring is 1. The lowest BCUT2D eigenvalue weighted by molar-refractivity contribution is -0.384. The van der Waals surface area contributed by atoms with E-state index < -0.39 is 62.3 Å². The number of anilines is 1. The molecule has 0 saturated carbocycles. The van der Waals surface area contributed by atoms with Gasteiger partial charge < -0.3 is 20.6 Å². The average Bonchev–Trinajstić information content (AvgIpc) is 3.28. The van der Waals surface area contributed by atoms with E-state index in [1.54, 1.807) is 13.8 Å². The summed E-state index contributed by atoms with van der Waals surface area (Å²) in [5.41, 5.74) is 3.76. The Morgan fingerprint density at radius 3 is 2.45 bits per heavy atom. The normalized spacial score (nSPS) is 17.8. The third-order valence-corrected chi connectivity index (χ3v) is 7.26. The fourth-order valence-electron chi connectivity index (χ4n) is 3.60. The van der Waals surface area contributed by atoms with Crippen molar-refractivity contribution in [2.45, 2.75) is 52.0 Å². The number of hydrogen-bond donors (Lipinski definition) is 3. The first-order valence-corrected chi connectivity index (χ1v) is 13.8. The van der Waals surface area contributed by atoms with E-state index in [-0.39, 0.29) is 27.4 Å². The van der Waals surface area contributed by atoms with Crippen LogP contribution in [0, 0.1) is 16.0 Å². The van der Waals surface area contributed by atoms with Gasteiger partial charge in [0.1, 0.15) is 18.3 Å². The number of nitro groups is 1. The lowest BCUT2D eigenvalue weighted by atomic mass is 9.88. The molecule has 2 atom stereocenters. The summed E-state index contributed by atoms with van der Waals surface area (Å²) in [6.07, 6.45) is 0. The molecular formula is C22H26N6O10S2. The highest BCUT2D eigenvalue weighted by Gasteiger charge is 2.55. The summed E-state index contributed by atoms with van der Waals surface area (Å²) in [5.74, 6) is -3.40. The summed E-state index contributed by atoms with van der Waals surface area (Å²) in [7, 11) is -4.85. The van der Waals surface area contributed by atoms with Gasteiger partial charge in [-0.1, -0.05) is 19.0 Å². The lowest BCUT2D eigenvalue weighted by Crippen LogP contribution is -2.73. The van der Waals surface area contributed by atoms with Gasteiger partial charge in [0.05, 0.1) is 11.0 Å². The van der Waals surface area contributed by atoms with E-state index in [0.717, 1.165) is 11.3 Å². The minimum Gasteiger partial charge on any atom is -0.458 e. The highest BCUT2D eigenvalue weighted by atomic mass is 32.2. The van der Waals surface area contributed by atoms with Crippen LogP contribution in [0.1, 0.15) is 39.0 Å². The molecule has 0 aliphatic carbocycles. The van der Waals surface area contributed by atoms with Crippen molar-refractivity contribution in [3.63, 3.8) is 0 Å². The second kappa shape index (κ2) is 11.5. The van der Waals surface area contributed by atoms with E-state index >= 15 is 0 Å². The van der Waals surface area contributed by atoms with Crippen LogP contribution in [0.25, 0.3) is 0 Å². The minimum atomic E-state index is -4.85. The SMILES string of the molecule is CC(C)C1C(NC(=O)/C(=N\OC(C)(C)C(=O)OCc2ccc([N+](=O)[O-])cc2)c2csc(N)n2)C(=O)N1S(=O)(=O)O. The first-order chi connectivity index (χ1) is 18.5. The van der Waals surface area contributed by atoms with Crippen molar-refractivity contribution in [3.05, 3.63) is 51.0 Å². The molecule has 16 nitrogen and oxygen atoms in total. The van der Waals surface area contributed by atoms with Gasteiger partial charge in [0.15, 0.2) is 10.8 Å². The number of non-ortho nitro benzene ring substituents is 1. The van der Waals surface area contributed by atoms with Gasteiger partial charge in [-0.15, -0.1) is 11.3 Å². The Hall–Kier alpha value is -4.16. The molecule has 1 aromatic heterocycles. The van der Waals surface area contributed by atoms with Crippen molar-refractivity contribution in [2.75, 3.05) is 5.73 Å². The van der Waals surface area contributed by atoms with Crippen molar-refractivity contribution in [2.24, 2.45) is 11.1 Å². The number of nitrogens with two attached hydrogens (primary N) is 1. The highest BCUT2D eigenvalue weighted by Crippen LogP contribution is 2.29. The number of oxime groups is 1. The molecule has 18 heteroatoms. The molecule has 1 fully saturated rings. The fourth-order valence-corrected chi connectivity index (χ4v) is 5.16. The van der Waals surface area contributed by atoms with Crippen LogP contribution in [0.3, 0.4) is 0 Å². The van der Waals surface area contributed by atoms with E-state index in [1.807, 2.05) is 0 Å². The number of carbonyl (C=O) groups excluding carboxylic acids is 3. The Labute approximate surface area is 232 Å². The number of hydrogen-bond acceptors (Lipinski definition) is 13. The molecular weight excluding hydrogens is 572 g/mol. The molecule has 4 N–H and O–H groups in total. The summed E-state index contributed by atoms with van der Waals surface area (Å²) in [6.45, 7) is 5.59. The van der Waals surface area contributed by atoms with Gasteiger partial charge in [-0.25, -0.2) is 14.1 Å². The number of thiazole rings is 1. The van der Waals surface area contributed by atoms with Gasteiger partial charge in [-0.2, -0.15) is 8.42 Å². The van der Waals surface area contributed by atoms with Crippen molar-refractivity contribution in [1.82, 2.24) is 14.6 Å². The number of aromatic nitrogens is 1. The van der Waals surface area contributed by atoms with Crippen LogP contribution >= 0.6 is 11.3 Å². The third kappa shape index (κ3) is 6.69. The Bertz CT molecular complexity index is 1450. The maximum atomic E-state index is 13.2. The first kappa shape index (κ1) is 30.4. The average molecular weight is 599 g/mol. The van der Waals surface area contributed by atoms with E-state index in [2.05, 4.69) is 15.5 Å². The van der Waals surface area contributed by atoms with Crippen LogP contribution in [-0.2, 0) is 40.9 Å². The Morgan fingerprint density at radius 2 is 1.95 bits per heavy atom. The number of nitrogens with zero attached hydrogens (tertiary/aromatic N) is 4. The minimum absolute atomic E-state index is 0.0467. The number of nitrogens with one attached hydrogen (secondary N) is 1. The standard InChI is InChI=1S/C22H26N6O10S2/c1-11(2)17-16(19(30)27(17)40(34,35)36)25-18(29)15(14-10-39-21(23)24-14)26-38-22(3,4)20(31)37-9-12-5-7-13(8-6-12)28(32)33/h5-8,10-11,16-17H,9H2,1-4H3,(H2,23,24)(H,25,29)(H,34,35,36)/b26-15-. The number of nitro benzene ring substituents is 1. The van der Waals surface area contributed by atoms with Crippen molar-refractivity contribution >= 4 is 56.0 Å². The second-order valence-electron chi connectivity index (χ2n) is 9.41. The number of β-lactam (4-membered cyclic amide) rings is 1. The zero-order chi connectivity index (χ0) is 30.0. The Kier molecular flexibility index (Phi) is 8.75. The maximum absolute atomic E-state index is 13.2. The molecule has 1 aliphatic heterocycles. The highest BCUT2D eigenvalue weighted by molar-refractivity contribution is 7.84. The molecule has 1 saturated heterocycles. The molecule has 1 aliphatic rings. The summed E-state index contributed by atoms with van der Waals surface area (Å²) < 4.78 is 38.1. The zero-order valence-electron chi connectivity index (χ0n) is 21.6. The molecule has 1 aromatic carbocycles. The second-order valence-corrected chi connectivity index (χ2v) is 11.6. The van der Waals surface area contributed by atoms with Crippen LogP contribution in [-0.4, -0.2) is 68.4 Å². The van der Waals surface area contributed by atoms with Gasteiger partial charge >= 0.3 is 16.3 Å². The molecule has 0 radical (unpaired) electrons. The van der Waals surface area contributed by atoms with Crippen LogP contribution in [0.4, 0.5) is 10.8 Å². The predicted molar refractivity (Wildman–Crippen MR) is 140 cm³/mol. The number of rotatable bonds is 11. The van der Waals surface area contributed by atoms with Crippen molar-refractivity contribution in [1.29, 1.82) is 0 Å². The fraction of sp³-hybridized carbons (Fsp3) is 0.409. The summed E-state index contributed by atoms with van der Waals surface area (Å²) in [6, 6.07) is 2.97. The van der Waals surface area contributed by atoms with Gasteiger partial charge in [0.25, 0.3) is 17.5 Å². The number of carbonyl (C=O) groups is 3. The van der Waals surface area contributed by atoms with Crippen LogP contribution in [0.5, 0.6) is 0 Å². The summed E-state index contributed by atoms with van der Waals surface area (Å²) >= 11 is 0.976. The van der Waals surface area contributed by atoms with Gasteiger partial charge in [-0.3, -0.25) is 24.3 Å². The zero-order valence-corrected chi connectivity index (χ0v) is 23.3. The van der Waals surface area contributed by atoms with Crippen LogP contribution in [0.2, 0.25) is 0 Å².